The zero-order chi connectivity index (χ0) is 21.3. The lowest BCUT2D eigenvalue weighted by Gasteiger charge is -2.21. The standard InChI is InChI=1S/C21H21FN4O3S.ClH/c1-24(2)10-5-11-25(20-23-15-9-8-14(22)12-18(15)30-20)19(27)13-26-16-6-3-4-7-17(16)29-21(26)28;/h3-4,6-9,12H,5,10-11,13H2,1-2H3;1H. The fourth-order valence-electron chi connectivity index (χ4n) is 3.26. The summed E-state index contributed by atoms with van der Waals surface area (Å²) < 4.78 is 20.8. The number of thiazole rings is 1. The van der Waals surface area contributed by atoms with Crippen molar-refractivity contribution in [2.24, 2.45) is 0 Å². The van der Waals surface area contributed by atoms with Crippen molar-refractivity contribution in [3.05, 3.63) is 58.8 Å². The molecule has 4 aromatic rings. The van der Waals surface area contributed by atoms with E-state index in [9.17, 15) is 14.0 Å². The number of carbonyl (C=O) groups is 1. The van der Waals surface area contributed by atoms with E-state index in [1.54, 1.807) is 35.2 Å². The molecule has 0 bridgehead atoms. The van der Waals surface area contributed by atoms with E-state index in [0.717, 1.165) is 13.0 Å². The zero-order valence-electron chi connectivity index (χ0n) is 17.1. The van der Waals surface area contributed by atoms with Gasteiger partial charge in [-0.25, -0.2) is 14.2 Å². The van der Waals surface area contributed by atoms with E-state index in [1.807, 2.05) is 19.0 Å². The Kier molecular flexibility index (Phi) is 7.09. The van der Waals surface area contributed by atoms with Gasteiger partial charge in [0.25, 0.3) is 0 Å². The quantitative estimate of drug-likeness (QED) is 0.416. The zero-order valence-corrected chi connectivity index (χ0v) is 18.7. The number of anilines is 1. The van der Waals surface area contributed by atoms with Crippen molar-refractivity contribution in [3.63, 3.8) is 0 Å². The van der Waals surface area contributed by atoms with Crippen molar-refractivity contribution in [1.29, 1.82) is 0 Å². The first-order chi connectivity index (χ1) is 14.4. The molecule has 1 amide bonds. The maximum atomic E-state index is 13.6. The van der Waals surface area contributed by atoms with Crippen LogP contribution in [0.2, 0.25) is 0 Å². The van der Waals surface area contributed by atoms with Gasteiger partial charge in [0.15, 0.2) is 10.7 Å². The van der Waals surface area contributed by atoms with Gasteiger partial charge >= 0.3 is 5.76 Å². The van der Waals surface area contributed by atoms with E-state index in [-0.39, 0.29) is 30.7 Å². The molecule has 10 heteroatoms. The van der Waals surface area contributed by atoms with Crippen molar-refractivity contribution in [3.8, 4) is 0 Å². The van der Waals surface area contributed by atoms with Gasteiger partial charge in [0.05, 0.1) is 15.7 Å². The highest BCUT2D eigenvalue weighted by atomic mass is 35.5. The van der Waals surface area contributed by atoms with Crippen molar-refractivity contribution >= 4 is 56.1 Å². The summed E-state index contributed by atoms with van der Waals surface area (Å²) in [4.78, 5) is 33.6. The Labute approximate surface area is 188 Å². The molecular formula is C21H22ClFN4O3S. The normalized spacial score (nSPS) is 11.2. The van der Waals surface area contributed by atoms with E-state index in [2.05, 4.69) is 4.98 Å². The number of benzene rings is 2. The Balaban J connectivity index is 0.00000272. The number of nitrogens with zero attached hydrogens (tertiary/aromatic N) is 4. The van der Waals surface area contributed by atoms with Crippen LogP contribution in [-0.4, -0.2) is 47.5 Å². The maximum Gasteiger partial charge on any atom is 0.420 e. The summed E-state index contributed by atoms with van der Waals surface area (Å²) in [5.41, 5.74) is 1.63. The van der Waals surface area contributed by atoms with Crippen LogP contribution in [0.5, 0.6) is 0 Å². The Morgan fingerprint density at radius 1 is 1.19 bits per heavy atom. The molecule has 0 saturated carbocycles. The van der Waals surface area contributed by atoms with Gasteiger partial charge in [-0.2, -0.15) is 0 Å². The highest BCUT2D eigenvalue weighted by molar-refractivity contribution is 7.22. The first-order valence-corrected chi connectivity index (χ1v) is 10.3. The molecule has 0 aliphatic rings. The molecule has 2 aromatic heterocycles. The minimum absolute atomic E-state index is 0. The third-order valence-corrected chi connectivity index (χ3v) is 5.77. The van der Waals surface area contributed by atoms with Gasteiger partial charge < -0.3 is 9.32 Å². The summed E-state index contributed by atoms with van der Waals surface area (Å²) in [5, 5.41) is 0.486. The van der Waals surface area contributed by atoms with Gasteiger partial charge in [-0.05, 0) is 57.4 Å². The van der Waals surface area contributed by atoms with E-state index < -0.39 is 5.76 Å². The van der Waals surface area contributed by atoms with Crippen LogP contribution in [0.4, 0.5) is 9.52 Å². The number of amides is 1. The molecular weight excluding hydrogens is 443 g/mol. The summed E-state index contributed by atoms with van der Waals surface area (Å²) in [5.74, 6) is -1.20. The van der Waals surface area contributed by atoms with Crippen LogP contribution in [0.1, 0.15) is 6.42 Å². The van der Waals surface area contributed by atoms with Crippen LogP contribution in [-0.2, 0) is 11.3 Å². The summed E-state index contributed by atoms with van der Waals surface area (Å²) >= 11 is 1.26. The van der Waals surface area contributed by atoms with Gasteiger partial charge in [-0.3, -0.25) is 14.3 Å². The van der Waals surface area contributed by atoms with Gasteiger partial charge in [0, 0.05) is 6.54 Å². The minimum Gasteiger partial charge on any atom is -0.408 e. The molecule has 0 atom stereocenters. The van der Waals surface area contributed by atoms with Gasteiger partial charge in [0.1, 0.15) is 12.4 Å². The molecule has 0 saturated heterocycles. The van der Waals surface area contributed by atoms with E-state index in [0.29, 0.717) is 33.0 Å². The summed E-state index contributed by atoms with van der Waals surface area (Å²) in [6, 6.07) is 11.3. The maximum absolute atomic E-state index is 13.6. The molecule has 0 spiro atoms. The van der Waals surface area contributed by atoms with Gasteiger partial charge in [-0.1, -0.05) is 23.5 Å². The lowest BCUT2D eigenvalue weighted by atomic mass is 10.3. The Morgan fingerprint density at radius 3 is 2.74 bits per heavy atom. The molecule has 0 fully saturated rings. The third kappa shape index (κ3) is 4.95. The van der Waals surface area contributed by atoms with Crippen molar-refractivity contribution in [1.82, 2.24) is 14.5 Å². The van der Waals surface area contributed by atoms with Gasteiger partial charge in [-0.15, -0.1) is 12.4 Å². The smallest absolute Gasteiger partial charge is 0.408 e. The van der Waals surface area contributed by atoms with Crippen LogP contribution < -0.4 is 10.7 Å². The van der Waals surface area contributed by atoms with Crippen LogP contribution in [0, 0.1) is 5.82 Å². The molecule has 0 aliphatic carbocycles. The van der Waals surface area contributed by atoms with Crippen molar-refractivity contribution in [2.75, 3.05) is 32.1 Å². The lowest BCUT2D eigenvalue weighted by molar-refractivity contribution is -0.119. The second-order valence-corrected chi connectivity index (χ2v) is 8.24. The van der Waals surface area contributed by atoms with Crippen LogP contribution in [0.3, 0.4) is 0 Å². The van der Waals surface area contributed by atoms with Crippen LogP contribution in [0.25, 0.3) is 21.3 Å². The second-order valence-electron chi connectivity index (χ2n) is 7.23. The average molecular weight is 465 g/mol. The third-order valence-electron chi connectivity index (χ3n) is 4.73. The monoisotopic (exact) mass is 464 g/mol. The highest BCUT2D eigenvalue weighted by Crippen LogP contribution is 2.30. The summed E-state index contributed by atoms with van der Waals surface area (Å²) in [6.45, 7) is 1.06. The fraction of sp³-hybridized carbons (Fsp3) is 0.286. The molecule has 2 aromatic carbocycles. The SMILES string of the molecule is CN(C)CCCN(C(=O)Cn1c(=O)oc2ccccc21)c1nc2ccc(F)cc2s1.Cl. The lowest BCUT2D eigenvalue weighted by Crippen LogP contribution is -2.37. The second kappa shape index (κ2) is 9.59. The predicted molar refractivity (Wildman–Crippen MR) is 123 cm³/mol. The van der Waals surface area contributed by atoms with E-state index in [4.69, 9.17) is 4.42 Å². The molecule has 31 heavy (non-hydrogen) atoms. The van der Waals surface area contributed by atoms with Crippen molar-refractivity contribution < 1.29 is 13.6 Å². The Hall–Kier alpha value is -2.75. The first kappa shape index (κ1) is 22.9. The van der Waals surface area contributed by atoms with Crippen LogP contribution in [0.15, 0.2) is 51.7 Å². The highest BCUT2D eigenvalue weighted by Gasteiger charge is 2.22. The van der Waals surface area contributed by atoms with Crippen LogP contribution >= 0.6 is 23.7 Å². The summed E-state index contributed by atoms with van der Waals surface area (Å²) in [6.07, 6.45) is 0.726. The van der Waals surface area contributed by atoms with E-state index >= 15 is 0 Å². The predicted octanol–water partition coefficient (Wildman–Crippen LogP) is 3.75. The molecule has 0 aliphatic heterocycles. The Morgan fingerprint density at radius 2 is 1.97 bits per heavy atom. The summed E-state index contributed by atoms with van der Waals surface area (Å²) in [7, 11) is 3.92. The number of hydrogen-bond donors (Lipinski definition) is 0. The number of carbonyl (C=O) groups excluding carboxylic acids is 1. The average Bonchev–Trinajstić information content (AvgIpc) is 3.25. The number of aromatic nitrogens is 2. The molecule has 2 heterocycles. The van der Waals surface area contributed by atoms with Crippen molar-refractivity contribution in [2.45, 2.75) is 13.0 Å². The van der Waals surface area contributed by atoms with E-state index in [1.165, 1.54) is 28.0 Å². The number of para-hydroxylation sites is 2. The molecule has 4 rings (SSSR count). The topological polar surface area (TPSA) is 71.6 Å². The molecule has 0 N–H and O–H groups in total. The largest absolute Gasteiger partial charge is 0.420 e. The number of fused-ring (bicyclic) bond motifs is 2. The number of hydrogen-bond acceptors (Lipinski definition) is 6. The number of halogens is 2. The number of rotatable bonds is 7. The molecule has 164 valence electrons. The number of oxazole rings is 1. The molecule has 0 radical (unpaired) electrons. The van der Waals surface area contributed by atoms with Gasteiger partial charge in [0.2, 0.25) is 5.91 Å². The first-order valence-electron chi connectivity index (χ1n) is 9.52. The fourth-order valence-corrected chi connectivity index (χ4v) is 4.29. The Bertz CT molecular complexity index is 1270. The molecule has 0 unspecified atom stereocenters. The minimum atomic E-state index is -0.579. The molecule has 7 nitrogen and oxygen atoms in total.